The Morgan fingerprint density at radius 1 is 1.07 bits per heavy atom. The van der Waals surface area contributed by atoms with E-state index in [0.29, 0.717) is 6.42 Å². The fraction of sp³-hybridized carbons (Fsp3) is 0.300. The molecule has 0 radical (unpaired) electrons. The van der Waals surface area contributed by atoms with E-state index in [9.17, 15) is 20.0 Å². The Bertz CT molecular complexity index is 1570. The highest BCUT2D eigenvalue weighted by Crippen LogP contribution is 2.53. The lowest BCUT2D eigenvalue weighted by molar-refractivity contribution is -0.118. The molecular weight excluding hydrogens is 595 g/mol. The van der Waals surface area contributed by atoms with Gasteiger partial charge < -0.3 is 15.7 Å². The van der Waals surface area contributed by atoms with Crippen LogP contribution < -0.4 is 10.6 Å². The predicted octanol–water partition coefficient (Wildman–Crippen LogP) is 7.58. The Labute approximate surface area is 251 Å². The van der Waals surface area contributed by atoms with Crippen LogP contribution in [0.2, 0.25) is 15.1 Å². The minimum absolute atomic E-state index is 0.0386. The molecule has 0 spiro atoms. The quantitative estimate of drug-likeness (QED) is 0.264. The first-order chi connectivity index (χ1) is 19.2. The summed E-state index contributed by atoms with van der Waals surface area (Å²) in [7, 11) is 0. The van der Waals surface area contributed by atoms with Gasteiger partial charge in [0.1, 0.15) is 17.0 Å². The van der Waals surface area contributed by atoms with Crippen LogP contribution in [0.15, 0.2) is 54.6 Å². The second-order valence-electron chi connectivity index (χ2n) is 11.2. The molecule has 0 aromatic heterocycles. The number of rotatable bonds is 6. The van der Waals surface area contributed by atoms with Gasteiger partial charge in [0, 0.05) is 22.5 Å². The van der Waals surface area contributed by atoms with Gasteiger partial charge >= 0.3 is 5.97 Å². The molecule has 4 atom stereocenters. The van der Waals surface area contributed by atoms with E-state index < -0.39 is 52.3 Å². The smallest absolute Gasteiger partial charge is 0.335 e. The van der Waals surface area contributed by atoms with Crippen molar-refractivity contribution in [3.8, 4) is 6.07 Å². The number of amides is 1. The van der Waals surface area contributed by atoms with E-state index in [0.717, 1.165) is 6.07 Å². The van der Waals surface area contributed by atoms with Crippen LogP contribution in [-0.4, -0.2) is 29.1 Å². The van der Waals surface area contributed by atoms with Crippen LogP contribution in [0, 0.1) is 28.4 Å². The van der Waals surface area contributed by atoms with E-state index in [1.54, 1.807) is 0 Å². The molecular formula is C30H26Cl3F2N3O3. The van der Waals surface area contributed by atoms with Crippen LogP contribution in [0.1, 0.15) is 54.6 Å². The highest BCUT2D eigenvalue weighted by molar-refractivity contribution is 6.34. The summed E-state index contributed by atoms with van der Waals surface area (Å²) < 4.78 is 31.4. The minimum atomic E-state index is -1.79. The average molecular weight is 621 g/mol. The van der Waals surface area contributed by atoms with Crippen LogP contribution >= 0.6 is 34.8 Å². The zero-order valence-electron chi connectivity index (χ0n) is 22.2. The van der Waals surface area contributed by atoms with Crippen LogP contribution in [0.3, 0.4) is 0 Å². The van der Waals surface area contributed by atoms with Crippen LogP contribution in [-0.2, 0) is 10.2 Å². The molecule has 3 N–H and O–H groups in total. The van der Waals surface area contributed by atoms with Gasteiger partial charge in [-0.1, -0.05) is 73.8 Å². The molecule has 1 amide bonds. The molecule has 41 heavy (non-hydrogen) atoms. The number of halogens is 5. The van der Waals surface area contributed by atoms with Crippen LogP contribution in [0.4, 0.5) is 14.5 Å². The number of aromatic carboxylic acids is 1. The van der Waals surface area contributed by atoms with Crippen molar-refractivity contribution in [1.82, 2.24) is 5.32 Å². The van der Waals surface area contributed by atoms with Crippen molar-refractivity contribution >= 4 is 52.4 Å². The van der Waals surface area contributed by atoms with Crippen LogP contribution in [0.25, 0.3) is 0 Å². The molecule has 1 heterocycles. The van der Waals surface area contributed by atoms with Gasteiger partial charge in [-0.2, -0.15) is 5.26 Å². The second kappa shape index (κ2) is 11.6. The normalized spacial score (nSPS) is 22.3. The number of carboxylic acid groups (broad SMARTS) is 1. The number of hydrogen-bond donors (Lipinski definition) is 3. The molecule has 0 aliphatic carbocycles. The van der Waals surface area contributed by atoms with Crippen LogP contribution in [0.5, 0.6) is 0 Å². The van der Waals surface area contributed by atoms with E-state index in [-0.39, 0.29) is 37.4 Å². The number of benzene rings is 3. The zero-order valence-corrected chi connectivity index (χ0v) is 24.5. The number of hydrogen-bond acceptors (Lipinski definition) is 4. The number of carbonyl (C=O) groups is 2. The van der Waals surface area contributed by atoms with Crippen molar-refractivity contribution in [3.05, 3.63) is 98.0 Å². The predicted molar refractivity (Wildman–Crippen MR) is 155 cm³/mol. The number of carboxylic acids is 1. The lowest BCUT2D eigenvalue weighted by Gasteiger charge is -2.37. The van der Waals surface area contributed by atoms with Gasteiger partial charge in [0.2, 0.25) is 5.91 Å². The van der Waals surface area contributed by atoms with Gasteiger partial charge in [-0.3, -0.25) is 4.79 Å². The van der Waals surface area contributed by atoms with Crippen molar-refractivity contribution in [2.75, 3.05) is 5.32 Å². The number of anilines is 1. The fourth-order valence-electron chi connectivity index (χ4n) is 5.52. The average Bonchev–Trinajstić information content (AvgIpc) is 3.19. The van der Waals surface area contributed by atoms with Crippen molar-refractivity contribution in [2.45, 2.75) is 50.6 Å². The van der Waals surface area contributed by atoms with E-state index in [1.807, 2.05) is 20.8 Å². The monoisotopic (exact) mass is 619 g/mol. The maximum Gasteiger partial charge on any atom is 0.335 e. The molecule has 3 aromatic carbocycles. The maximum atomic E-state index is 15.7. The zero-order chi connectivity index (χ0) is 30.3. The largest absolute Gasteiger partial charge is 0.478 e. The first kappa shape index (κ1) is 30.7. The summed E-state index contributed by atoms with van der Waals surface area (Å²) >= 11 is 18.5. The summed E-state index contributed by atoms with van der Waals surface area (Å²) in [5, 5.41) is 25.9. The third kappa shape index (κ3) is 5.91. The van der Waals surface area contributed by atoms with Crippen molar-refractivity contribution in [1.29, 1.82) is 5.26 Å². The molecule has 1 saturated heterocycles. The topological polar surface area (TPSA) is 102 Å². The highest BCUT2D eigenvalue weighted by atomic mass is 35.5. The van der Waals surface area contributed by atoms with Gasteiger partial charge in [-0.15, -0.1) is 0 Å². The summed E-state index contributed by atoms with van der Waals surface area (Å²) in [6, 6.07) is 12.1. The SMILES string of the molecule is CC(C)(C)C[C@@H]1N[C@@H](C(=O)Nc2ccc(C(=O)O)cc2Cl)[C@H](c2cccc(Cl)c2F)[C@@]1(C#N)c1ccc(Cl)cc1F. The molecule has 0 saturated carbocycles. The first-order valence-corrected chi connectivity index (χ1v) is 13.7. The third-order valence-corrected chi connectivity index (χ3v) is 8.05. The summed E-state index contributed by atoms with van der Waals surface area (Å²) in [6.07, 6.45) is 0.305. The van der Waals surface area contributed by atoms with E-state index in [1.165, 1.54) is 48.5 Å². The highest BCUT2D eigenvalue weighted by Gasteiger charge is 2.61. The number of nitrogens with zero attached hydrogens (tertiary/aromatic N) is 1. The summed E-state index contributed by atoms with van der Waals surface area (Å²) in [5.74, 6) is -4.77. The standard InChI is InChI=1S/C30H26Cl3F2N3O3/c1-29(2,3)13-23-30(14-36,18-9-8-16(31)12-21(18)34)24(17-5-4-6-19(32)25(17)35)26(38-23)27(39)37-22-10-7-15(28(40)41)11-20(22)33/h4-12,23-24,26,38H,13H2,1-3H3,(H,37,39)(H,40,41)/t23-,24-,26+,30-/m0/s1. The van der Waals surface area contributed by atoms with E-state index in [2.05, 4.69) is 16.7 Å². The molecule has 4 rings (SSSR count). The Morgan fingerprint density at radius 3 is 2.37 bits per heavy atom. The second-order valence-corrected chi connectivity index (χ2v) is 12.4. The Morgan fingerprint density at radius 2 is 1.78 bits per heavy atom. The van der Waals surface area contributed by atoms with Gasteiger partial charge in [-0.05, 0) is 53.8 Å². The minimum Gasteiger partial charge on any atom is -0.478 e. The molecule has 1 fully saturated rings. The van der Waals surface area contributed by atoms with E-state index >= 15 is 8.78 Å². The molecule has 0 unspecified atom stereocenters. The molecule has 0 bridgehead atoms. The van der Waals surface area contributed by atoms with Gasteiger partial charge in [0.25, 0.3) is 0 Å². The number of nitriles is 1. The Kier molecular flexibility index (Phi) is 8.68. The van der Waals surface area contributed by atoms with E-state index in [4.69, 9.17) is 34.8 Å². The number of nitrogens with one attached hydrogen (secondary N) is 2. The molecule has 1 aliphatic rings. The molecule has 3 aromatic rings. The Balaban J connectivity index is 1.94. The molecule has 214 valence electrons. The lowest BCUT2D eigenvalue weighted by atomic mass is 9.62. The summed E-state index contributed by atoms with van der Waals surface area (Å²) in [5.41, 5.74) is -2.26. The summed E-state index contributed by atoms with van der Waals surface area (Å²) in [4.78, 5) is 25.2. The third-order valence-electron chi connectivity index (χ3n) is 7.21. The Hall–Kier alpha value is -3.22. The summed E-state index contributed by atoms with van der Waals surface area (Å²) in [6.45, 7) is 5.80. The first-order valence-electron chi connectivity index (χ1n) is 12.6. The molecule has 1 aliphatic heterocycles. The van der Waals surface area contributed by atoms with Gasteiger partial charge in [-0.25, -0.2) is 13.6 Å². The number of carbonyl (C=O) groups excluding carboxylic acids is 1. The van der Waals surface area contributed by atoms with Crippen molar-refractivity contribution in [3.63, 3.8) is 0 Å². The van der Waals surface area contributed by atoms with Crippen molar-refractivity contribution in [2.24, 2.45) is 5.41 Å². The fourth-order valence-corrected chi connectivity index (χ4v) is 6.09. The lowest BCUT2D eigenvalue weighted by Crippen LogP contribution is -2.45. The van der Waals surface area contributed by atoms with Gasteiger partial charge in [0.05, 0.1) is 33.4 Å². The maximum absolute atomic E-state index is 15.7. The molecule has 6 nitrogen and oxygen atoms in total. The molecule has 11 heteroatoms. The van der Waals surface area contributed by atoms with Gasteiger partial charge in [0.15, 0.2) is 0 Å². The van der Waals surface area contributed by atoms with Crippen molar-refractivity contribution < 1.29 is 23.5 Å².